The van der Waals surface area contributed by atoms with Crippen LogP contribution in [0, 0.1) is 5.92 Å². The van der Waals surface area contributed by atoms with Gasteiger partial charge in [-0.25, -0.2) is 4.79 Å². The van der Waals surface area contributed by atoms with Crippen LogP contribution in [-0.2, 0) is 0 Å². The van der Waals surface area contributed by atoms with Gasteiger partial charge in [0.15, 0.2) is 0 Å². The first-order valence-electron chi connectivity index (χ1n) is 4.89. The molecule has 2 aliphatic rings. The van der Waals surface area contributed by atoms with E-state index in [1.807, 2.05) is 4.90 Å². The minimum absolute atomic E-state index is 0.141. The van der Waals surface area contributed by atoms with Crippen molar-refractivity contribution in [3.63, 3.8) is 0 Å². The highest BCUT2D eigenvalue weighted by atomic mass is 16.2. The van der Waals surface area contributed by atoms with Gasteiger partial charge in [0.2, 0.25) is 0 Å². The Bertz CT molecular complexity index is 175. The highest BCUT2D eigenvalue weighted by molar-refractivity contribution is 5.76. The third-order valence-corrected chi connectivity index (χ3v) is 2.90. The van der Waals surface area contributed by atoms with E-state index in [-0.39, 0.29) is 6.03 Å². The summed E-state index contributed by atoms with van der Waals surface area (Å²) < 4.78 is 0. The maximum absolute atomic E-state index is 11.2. The lowest BCUT2D eigenvalue weighted by Crippen LogP contribution is -2.32. The molecule has 0 radical (unpaired) electrons. The van der Waals surface area contributed by atoms with Crippen molar-refractivity contribution in [2.24, 2.45) is 5.92 Å². The second kappa shape index (κ2) is 3.33. The average Bonchev–Trinajstić information content (AvgIpc) is 2.65. The second-order valence-electron chi connectivity index (χ2n) is 3.83. The molecule has 0 unspecified atom stereocenters. The molecule has 0 aromatic carbocycles. The molecule has 1 saturated carbocycles. The second-order valence-corrected chi connectivity index (χ2v) is 3.83. The summed E-state index contributed by atoms with van der Waals surface area (Å²) in [5.74, 6) is 0.786. The van der Waals surface area contributed by atoms with Gasteiger partial charge in [0.05, 0.1) is 0 Å². The zero-order valence-electron chi connectivity index (χ0n) is 7.38. The standard InChI is InChI=1S/C9H16N2O/c12-9-10-5-6-11(9)7-8-3-1-2-4-8/h8H,1-7H2,(H,10,12). The lowest BCUT2D eigenvalue weighted by atomic mass is 10.1. The molecule has 3 nitrogen and oxygen atoms in total. The van der Waals surface area contributed by atoms with Crippen molar-refractivity contribution >= 4 is 6.03 Å². The third-order valence-electron chi connectivity index (χ3n) is 2.90. The molecule has 0 aromatic heterocycles. The molecule has 2 rings (SSSR count). The Morgan fingerprint density at radius 3 is 2.75 bits per heavy atom. The van der Waals surface area contributed by atoms with Gasteiger partial charge in [0, 0.05) is 19.6 Å². The molecule has 0 atom stereocenters. The molecule has 68 valence electrons. The van der Waals surface area contributed by atoms with Crippen LogP contribution in [0.25, 0.3) is 0 Å². The van der Waals surface area contributed by atoms with E-state index in [4.69, 9.17) is 0 Å². The molecule has 1 saturated heterocycles. The topological polar surface area (TPSA) is 32.3 Å². The van der Waals surface area contributed by atoms with E-state index < -0.39 is 0 Å². The summed E-state index contributed by atoms with van der Waals surface area (Å²) in [6, 6.07) is 0.141. The summed E-state index contributed by atoms with van der Waals surface area (Å²) in [4.78, 5) is 13.1. The number of nitrogens with zero attached hydrogens (tertiary/aromatic N) is 1. The highest BCUT2D eigenvalue weighted by Gasteiger charge is 2.24. The molecule has 1 aliphatic carbocycles. The molecule has 1 N–H and O–H groups in total. The first-order valence-corrected chi connectivity index (χ1v) is 4.89. The van der Waals surface area contributed by atoms with Crippen molar-refractivity contribution in [1.29, 1.82) is 0 Å². The largest absolute Gasteiger partial charge is 0.336 e. The fourth-order valence-corrected chi connectivity index (χ4v) is 2.19. The molecule has 2 fully saturated rings. The van der Waals surface area contributed by atoms with E-state index in [1.54, 1.807) is 0 Å². The molecule has 2 amide bonds. The number of rotatable bonds is 2. The lowest BCUT2D eigenvalue weighted by Gasteiger charge is -2.18. The first-order chi connectivity index (χ1) is 5.86. The zero-order chi connectivity index (χ0) is 8.39. The summed E-state index contributed by atoms with van der Waals surface area (Å²) in [7, 11) is 0. The highest BCUT2D eigenvalue weighted by Crippen LogP contribution is 2.25. The van der Waals surface area contributed by atoms with E-state index in [9.17, 15) is 4.79 Å². The Hall–Kier alpha value is -0.730. The van der Waals surface area contributed by atoms with Crippen LogP contribution >= 0.6 is 0 Å². The molecule has 12 heavy (non-hydrogen) atoms. The van der Waals surface area contributed by atoms with Crippen LogP contribution in [0.2, 0.25) is 0 Å². The van der Waals surface area contributed by atoms with Crippen molar-refractivity contribution < 1.29 is 4.79 Å². The van der Waals surface area contributed by atoms with E-state index >= 15 is 0 Å². The Morgan fingerprint density at radius 1 is 1.42 bits per heavy atom. The van der Waals surface area contributed by atoms with Gasteiger partial charge in [-0.15, -0.1) is 0 Å². The van der Waals surface area contributed by atoms with Crippen LogP contribution in [0.15, 0.2) is 0 Å². The molecule has 1 heterocycles. The van der Waals surface area contributed by atoms with Crippen molar-refractivity contribution in [2.45, 2.75) is 25.7 Å². The minimum Gasteiger partial charge on any atom is -0.336 e. The molecular formula is C9H16N2O. The smallest absolute Gasteiger partial charge is 0.317 e. The lowest BCUT2D eigenvalue weighted by molar-refractivity contribution is 0.209. The molecule has 0 aromatic rings. The Labute approximate surface area is 73.1 Å². The van der Waals surface area contributed by atoms with Crippen LogP contribution in [0.1, 0.15) is 25.7 Å². The Kier molecular flexibility index (Phi) is 2.19. The molecule has 0 bridgehead atoms. The maximum atomic E-state index is 11.2. The fraction of sp³-hybridized carbons (Fsp3) is 0.889. The zero-order valence-corrected chi connectivity index (χ0v) is 7.38. The van der Waals surface area contributed by atoms with Crippen LogP contribution in [0.4, 0.5) is 4.79 Å². The van der Waals surface area contributed by atoms with Crippen molar-refractivity contribution in [3.8, 4) is 0 Å². The van der Waals surface area contributed by atoms with Crippen LogP contribution in [0.5, 0.6) is 0 Å². The number of hydrogen-bond acceptors (Lipinski definition) is 1. The molecule has 3 heteroatoms. The van der Waals surface area contributed by atoms with E-state index in [0.717, 1.165) is 25.6 Å². The van der Waals surface area contributed by atoms with Gasteiger partial charge in [0.25, 0.3) is 0 Å². The first kappa shape index (κ1) is 7.90. The minimum atomic E-state index is 0.141. The van der Waals surface area contributed by atoms with Crippen molar-refractivity contribution in [3.05, 3.63) is 0 Å². The predicted molar refractivity (Wildman–Crippen MR) is 46.9 cm³/mol. The average molecular weight is 168 g/mol. The number of urea groups is 1. The SMILES string of the molecule is O=C1NCCN1CC1CCCC1. The van der Waals surface area contributed by atoms with Gasteiger partial charge < -0.3 is 10.2 Å². The summed E-state index contributed by atoms with van der Waals surface area (Å²) in [6.45, 7) is 2.74. The number of carbonyl (C=O) groups excluding carboxylic acids is 1. The Balaban J connectivity index is 1.81. The van der Waals surface area contributed by atoms with Crippen molar-refractivity contribution in [2.75, 3.05) is 19.6 Å². The van der Waals surface area contributed by atoms with Crippen molar-refractivity contribution in [1.82, 2.24) is 10.2 Å². The summed E-state index contributed by atoms with van der Waals surface area (Å²) in [6.07, 6.45) is 5.37. The molecular weight excluding hydrogens is 152 g/mol. The normalized spacial score (nSPS) is 25.0. The van der Waals surface area contributed by atoms with Gasteiger partial charge >= 0.3 is 6.03 Å². The van der Waals surface area contributed by atoms with Gasteiger partial charge in [-0.05, 0) is 18.8 Å². The predicted octanol–water partition coefficient (Wildman–Crippen LogP) is 1.20. The van der Waals surface area contributed by atoms with E-state index in [1.165, 1.54) is 25.7 Å². The maximum Gasteiger partial charge on any atom is 0.317 e. The summed E-state index contributed by atoms with van der Waals surface area (Å²) in [5.41, 5.74) is 0. The summed E-state index contributed by atoms with van der Waals surface area (Å²) in [5, 5.41) is 2.83. The third kappa shape index (κ3) is 1.54. The molecule has 0 spiro atoms. The number of hydrogen-bond donors (Lipinski definition) is 1. The number of nitrogens with one attached hydrogen (secondary N) is 1. The van der Waals surface area contributed by atoms with Gasteiger partial charge in [-0.1, -0.05) is 12.8 Å². The van der Waals surface area contributed by atoms with Crippen LogP contribution in [0.3, 0.4) is 0 Å². The fourth-order valence-electron chi connectivity index (χ4n) is 2.19. The Morgan fingerprint density at radius 2 is 2.17 bits per heavy atom. The molecule has 1 aliphatic heterocycles. The van der Waals surface area contributed by atoms with Gasteiger partial charge in [0.1, 0.15) is 0 Å². The quantitative estimate of drug-likeness (QED) is 0.660. The number of amides is 2. The summed E-state index contributed by atoms with van der Waals surface area (Å²) >= 11 is 0. The van der Waals surface area contributed by atoms with Gasteiger partial charge in [-0.2, -0.15) is 0 Å². The number of carbonyl (C=O) groups is 1. The van der Waals surface area contributed by atoms with Gasteiger partial charge in [-0.3, -0.25) is 0 Å². The van der Waals surface area contributed by atoms with E-state index in [0.29, 0.717) is 0 Å². The van der Waals surface area contributed by atoms with E-state index in [2.05, 4.69) is 5.32 Å². The van der Waals surface area contributed by atoms with Crippen LogP contribution in [-0.4, -0.2) is 30.6 Å². The monoisotopic (exact) mass is 168 g/mol. The van der Waals surface area contributed by atoms with Crippen LogP contribution < -0.4 is 5.32 Å².